The zero-order valence-electron chi connectivity index (χ0n) is 15.9. The Labute approximate surface area is 159 Å². The minimum atomic E-state index is -0.279. The summed E-state index contributed by atoms with van der Waals surface area (Å²) in [5, 5.41) is 6.10. The molecule has 0 saturated heterocycles. The third-order valence-corrected chi connectivity index (χ3v) is 4.19. The SMILES string of the molecule is Cc1ccc(Nc2cc(C(=O)Nc3ccc(N(C)C)cc3)ncn2)c(C)c1. The van der Waals surface area contributed by atoms with Crippen molar-refractivity contribution in [3.05, 3.63) is 71.7 Å². The first-order valence-electron chi connectivity index (χ1n) is 8.67. The van der Waals surface area contributed by atoms with Gasteiger partial charge in [-0.2, -0.15) is 0 Å². The van der Waals surface area contributed by atoms with E-state index in [1.807, 2.05) is 62.3 Å². The van der Waals surface area contributed by atoms with Crippen molar-refractivity contribution in [2.24, 2.45) is 0 Å². The fraction of sp³-hybridized carbons (Fsp3) is 0.190. The maximum absolute atomic E-state index is 12.5. The molecule has 138 valence electrons. The topological polar surface area (TPSA) is 70.2 Å². The lowest BCUT2D eigenvalue weighted by Crippen LogP contribution is -2.14. The molecule has 0 aliphatic carbocycles. The number of hydrogen-bond donors (Lipinski definition) is 2. The van der Waals surface area contributed by atoms with Crippen LogP contribution in [0.5, 0.6) is 0 Å². The Morgan fingerprint density at radius 3 is 2.37 bits per heavy atom. The number of nitrogens with one attached hydrogen (secondary N) is 2. The molecule has 6 heteroatoms. The molecule has 0 bridgehead atoms. The maximum atomic E-state index is 12.5. The van der Waals surface area contributed by atoms with Gasteiger partial charge in [-0.3, -0.25) is 4.79 Å². The lowest BCUT2D eigenvalue weighted by Gasteiger charge is -2.13. The molecule has 2 aromatic carbocycles. The number of carbonyl (C=O) groups is 1. The molecule has 0 aliphatic rings. The second kappa shape index (κ2) is 7.86. The quantitative estimate of drug-likeness (QED) is 0.714. The first-order chi connectivity index (χ1) is 12.9. The molecule has 3 aromatic rings. The predicted molar refractivity (Wildman–Crippen MR) is 110 cm³/mol. The summed E-state index contributed by atoms with van der Waals surface area (Å²) in [6, 6.07) is 15.4. The van der Waals surface area contributed by atoms with Crippen LogP contribution in [0.4, 0.5) is 22.9 Å². The molecule has 1 amide bonds. The van der Waals surface area contributed by atoms with Gasteiger partial charge >= 0.3 is 0 Å². The molecule has 0 aliphatic heterocycles. The van der Waals surface area contributed by atoms with Crippen LogP contribution >= 0.6 is 0 Å². The third kappa shape index (κ3) is 4.61. The van der Waals surface area contributed by atoms with E-state index in [9.17, 15) is 4.79 Å². The number of benzene rings is 2. The van der Waals surface area contributed by atoms with Crippen LogP contribution in [0.3, 0.4) is 0 Å². The largest absolute Gasteiger partial charge is 0.378 e. The monoisotopic (exact) mass is 361 g/mol. The highest BCUT2D eigenvalue weighted by molar-refractivity contribution is 6.03. The van der Waals surface area contributed by atoms with Gasteiger partial charge in [0.05, 0.1) is 0 Å². The van der Waals surface area contributed by atoms with E-state index in [4.69, 9.17) is 0 Å². The minimum absolute atomic E-state index is 0.279. The first kappa shape index (κ1) is 18.4. The van der Waals surface area contributed by atoms with Crippen LogP contribution in [-0.2, 0) is 0 Å². The van der Waals surface area contributed by atoms with Gasteiger partial charge in [0.1, 0.15) is 17.8 Å². The van der Waals surface area contributed by atoms with Crippen molar-refractivity contribution in [3.63, 3.8) is 0 Å². The van der Waals surface area contributed by atoms with Crippen molar-refractivity contribution in [3.8, 4) is 0 Å². The van der Waals surface area contributed by atoms with Gasteiger partial charge in [-0.25, -0.2) is 9.97 Å². The van der Waals surface area contributed by atoms with Crippen molar-refractivity contribution in [1.82, 2.24) is 9.97 Å². The molecule has 0 spiro atoms. The summed E-state index contributed by atoms with van der Waals surface area (Å²) in [6.07, 6.45) is 1.38. The second-order valence-corrected chi connectivity index (χ2v) is 6.63. The molecule has 1 aromatic heterocycles. The van der Waals surface area contributed by atoms with E-state index in [0.29, 0.717) is 17.2 Å². The molecule has 0 saturated carbocycles. The van der Waals surface area contributed by atoms with Crippen molar-refractivity contribution >= 4 is 28.8 Å². The average molecular weight is 361 g/mol. The number of aryl methyl sites for hydroxylation is 2. The Hall–Kier alpha value is -3.41. The molecular weight excluding hydrogens is 338 g/mol. The van der Waals surface area contributed by atoms with Crippen LogP contribution in [0.1, 0.15) is 21.6 Å². The van der Waals surface area contributed by atoms with E-state index in [1.165, 1.54) is 11.9 Å². The zero-order chi connectivity index (χ0) is 19.4. The summed E-state index contributed by atoms with van der Waals surface area (Å²) >= 11 is 0. The third-order valence-electron chi connectivity index (χ3n) is 4.19. The zero-order valence-corrected chi connectivity index (χ0v) is 15.9. The standard InChI is InChI=1S/C21H23N5O/c1-14-5-10-18(15(2)11-14)25-20-12-19(22-13-23-20)21(27)24-16-6-8-17(9-7-16)26(3)4/h5-13H,1-4H3,(H,24,27)(H,22,23,25). The van der Waals surface area contributed by atoms with Crippen molar-refractivity contribution in [1.29, 1.82) is 0 Å². The van der Waals surface area contributed by atoms with Crippen molar-refractivity contribution < 1.29 is 4.79 Å². The lowest BCUT2D eigenvalue weighted by atomic mass is 10.1. The first-order valence-corrected chi connectivity index (χ1v) is 8.67. The maximum Gasteiger partial charge on any atom is 0.274 e. The number of aromatic nitrogens is 2. The number of amides is 1. The highest BCUT2D eigenvalue weighted by Crippen LogP contribution is 2.21. The summed E-state index contributed by atoms with van der Waals surface area (Å²) in [5.74, 6) is 0.295. The Bertz CT molecular complexity index is 951. The van der Waals surface area contributed by atoms with E-state index >= 15 is 0 Å². The molecule has 0 atom stereocenters. The van der Waals surface area contributed by atoms with Gasteiger partial charge in [0.25, 0.3) is 5.91 Å². The molecule has 6 nitrogen and oxygen atoms in total. The van der Waals surface area contributed by atoms with Crippen LogP contribution in [0.2, 0.25) is 0 Å². The minimum Gasteiger partial charge on any atom is -0.378 e. The van der Waals surface area contributed by atoms with Crippen molar-refractivity contribution in [2.75, 3.05) is 29.6 Å². The van der Waals surface area contributed by atoms with Crippen LogP contribution < -0.4 is 15.5 Å². The normalized spacial score (nSPS) is 10.4. The predicted octanol–water partition coefficient (Wildman–Crippen LogP) is 4.16. The summed E-state index contributed by atoms with van der Waals surface area (Å²) in [7, 11) is 3.94. The van der Waals surface area contributed by atoms with E-state index in [0.717, 1.165) is 16.9 Å². The molecule has 0 fully saturated rings. The highest BCUT2D eigenvalue weighted by atomic mass is 16.1. The Morgan fingerprint density at radius 1 is 0.963 bits per heavy atom. The van der Waals surface area contributed by atoms with E-state index in [1.54, 1.807) is 6.07 Å². The van der Waals surface area contributed by atoms with Gasteiger partial charge in [-0.15, -0.1) is 0 Å². The van der Waals surface area contributed by atoms with Gasteiger partial charge in [0, 0.05) is 37.2 Å². The Balaban J connectivity index is 1.73. The number of carbonyl (C=O) groups excluding carboxylic acids is 1. The van der Waals surface area contributed by atoms with Crippen LogP contribution in [0.25, 0.3) is 0 Å². The molecule has 1 heterocycles. The van der Waals surface area contributed by atoms with Gasteiger partial charge in [-0.1, -0.05) is 17.7 Å². The molecule has 0 radical (unpaired) electrons. The molecular formula is C21H23N5O. The van der Waals surface area contributed by atoms with Gasteiger partial charge < -0.3 is 15.5 Å². The highest BCUT2D eigenvalue weighted by Gasteiger charge is 2.10. The number of rotatable bonds is 5. The summed E-state index contributed by atoms with van der Waals surface area (Å²) < 4.78 is 0. The Kier molecular flexibility index (Phi) is 5.35. The van der Waals surface area contributed by atoms with E-state index in [-0.39, 0.29) is 5.91 Å². The molecule has 2 N–H and O–H groups in total. The summed E-state index contributed by atoms with van der Waals surface area (Å²) in [6.45, 7) is 4.08. The van der Waals surface area contributed by atoms with Crippen molar-refractivity contribution in [2.45, 2.75) is 13.8 Å². The van der Waals surface area contributed by atoms with Crippen LogP contribution in [-0.4, -0.2) is 30.0 Å². The number of anilines is 4. The van der Waals surface area contributed by atoms with Gasteiger partial charge in [0.15, 0.2) is 0 Å². The van der Waals surface area contributed by atoms with E-state index < -0.39 is 0 Å². The van der Waals surface area contributed by atoms with Gasteiger partial charge in [0.2, 0.25) is 0 Å². The Morgan fingerprint density at radius 2 is 1.70 bits per heavy atom. The second-order valence-electron chi connectivity index (χ2n) is 6.63. The smallest absolute Gasteiger partial charge is 0.274 e. The van der Waals surface area contributed by atoms with E-state index in [2.05, 4.69) is 33.6 Å². The molecule has 0 unspecified atom stereocenters. The number of nitrogens with zero attached hydrogens (tertiary/aromatic N) is 3. The van der Waals surface area contributed by atoms with Crippen LogP contribution in [0, 0.1) is 13.8 Å². The van der Waals surface area contributed by atoms with Gasteiger partial charge in [-0.05, 0) is 49.7 Å². The van der Waals surface area contributed by atoms with Crippen LogP contribution in [0.15, 0.2) is 54.9 Å². The number of hydrogen-bond acceptors (Lipinski definition) is 5. The molecule has 27 heavy (non-hydrogen) atoms. The fourth-order valence-corrected chi connectivity index (χ4v) is 2.68. The fourth-order valence-electron chi connectivity index (χ4n) is 2.68. The molecule has 3 rings (SSSR count). The average Bonchev–Trinajstić information content (AvgIpc) is 2.65. The summed E-state index contributed by atoms with van der Waals surface area (Å²) in [4.78, 5) is 22.8. The lowest BCUT2D eigenvalue weighted by molar-refractivity contribution is 0.102. The summed E-state index contributed by atoms with van der Waals surface area (Å²) in [5.41, 5.74) is 5.34.